The van der Waals surface area contributed by atoms with Crippen LogP contribution in [0.15, 0.2) is 0 Å². The second-order valence-corrected chi connectivity index (χ2v) is 4.02. The van der Waals surface area contributed by atoms with E-state index in [1.807, 2.05) is 0 Å². The van der Waals surface area contributed by atoms with Crippen LogP contribution >= 0.6 is 0 Å². The smallest absolute Gasteiger partial charge is 0.0574 e. The van der Waals surface area contributed by atoms with Crippen LogP contribution < -0.4 is 0 Å². The van der Waals surface area contributed by atoms with Gasteiger partial charge in [-0.1, -0.05) is 0 Å². The van der Waals surface area contributed by atoms with Crippen LogP contribution in [0.3, 0.4) is 0 Å². The highest BCUT2D eigenvalue weighted by Crippen LogP contribution is 2.48. The van der Waals surface area contributed by atoms with Gasteiger partial charge in [-0.05, 0) is 37.0 Å². The molecule has 0 heterocycles. The van der Waals surface area contributed by atoms with Crippen molar-refractivity contribution in [3.8, 4) is 0 Å². The first-order valence-corrected chi connectivity index (χ1v) is 4.48. The second-order valence-electron chi connectivity index (χ2n) is 4.02. The van der Waals surface area contributed by atoms with Gasteiger partial charge in [0.05, 0.1) is 6.10 Å². The molecule has 0 aromatic heterocycles. The van der Waals surface area contributed by atoms with Gasteiger partial charge in [0.25, 0.3) is 0 Å². The summed E-state index contributed by atoms with van der Waals surface area (Å²) in [7, 11) is 1.75. The molecule has 2 saturated carbocycles. The Hall–Kier alpha value is -0.0800. The molecule has 0 aromatic rings. The molecule has 64 valence electrons. The molecule has 2 fully saturated rings. The molecule has 11 heavy (non-hydrogen) atoms. The summed E-state index contributed by atoms with van der Waals surface area (Å²) in [6.45, 7) is 0.845. The van der Waals surface area contributed by atoms with E-state index in [9.17, 15) is 5.11 Å². The minimum absolute atomic E-state index is 0.0195. The summed E-state index contributed by atoms with van der Waals surface area (Å²) >= 11 is 0. The minimum Gasteiger partial charge on any atom is -0.393 e. The molecule has 1 N–H and O–H groups in total. The van der Waals surface area contributed by atoms with Gasteiger partial charge >= 0.3 is 0 Å². The molecule has 2 aliphatic rings. The van der Waals surface area contributed by atoms with E-state index in [0.717, 1.165) is 18.9 Å². The molecule has 0 saturated heterocycles. The number of fused-ring (bicyclic) bond motifs is 2. The molecule has 2 nitrogen and oxygen atoms in total. The lowest BCUT2D eigenvalue weighted by Gasteiger charge is -2.25. The first kappa shape index (κ1) is 7.56. The lowest BCUT2D eigenvalue weighted by molar-refractivity contribution is 0.0424. The zero-order valence-electron chi connectivity index (χ0n) is 6.99. The third-order valence-electron chi connectivity index (χ3n) is 3.30. The van der Waals surface area contributed by atoms with Gasteiger partial charge in [0.15, 0.2) is 0 Å². The van der Waals surface area contributed by atoms with Crippen molar-refractivity contribution in [2.75, 3.05) is 13.7 Å². The summed E-state index contributed by atoms with van der Waals surface area (Å²) in [6, 6.07) is 0. The first-order valence-electron chi connectivity index (χ1n) is 4.48. The molecule has 0 amide bonds. The van der Waals surface area contributed by atoms with E-state index in [1.165, 1.54) is 12.8 Å². The molecule has 0 spiro atoms. The number of methoxy groups -OCH3 is 1. The van der Waals surface area contributed by atoms with Crippen LogP contribution in [-0.2, 0) is 4.74 Å². The van der Waals surface area contributed by atoms with Gasteiger partial charge in [-0.2, -0.15) is 0 Å². The molecular weight excluding hydrogens is 140 g/mol. The van der Waals surface area contributed by atoms with Gasteiger partial charge in [-0.3, -0.25) is 0 Å². The summed E-state index contributed by atoms with van der Waals surface area (Å²) in [5, 5.41) is 9.56. The quantitative estimate of drug-likeness (QED) is 0.647. The fourth-order valence-corrected chi connectivity index (χ4v) is 2.86. The Bertz CT molecular complexity index is 146. The Balaban J connectivity index is 1.96. The second kappa shape index (κ2) is 2.76. The predicted octanol–water partition coefficient (Wildman–Crippen LogP) is 1.04. The van der Waals surface area contributed by atoms with Gasteiger partial charge in [0.1, 0.15) is 0 Å². The van der Waals surface area contributed by atoms with Crippen molar-refractivity contribution in [3.05, 3.63) is 0 Å². The van der Waals surface area contributed by atoms with Gasteiger partial charge in [0.2, 0.25) is 0 Å². The Kier molecular flexibility index (Phi) is 1.90. The van der Waals surface area contributed by atoms with E-state index in [1.54, 1.807) is 7.11 Å². The fourth-order valence-electron chi connectivity index (χ4n) is 2.86. The zero-order chi connectivity index (χ0) is 7.84. The molecule has 0 aliphatic heterocycles. The number of ether oxygens (including phenoxy) is 1. The number of hydrogen-bond donors (Lipinski definition) is 1. The predicted molar refractivity (Wildman–Crippen MR) is 42.2 cm³/mol. The summed E-state index contributed by atoms with van der Waals surface area (Å²) in [4.78, 5) is 0. The number of aliphatic hydroxyl groups is 1. The summed E-state index contributed by atoms with van der Waals surface area (Å²) in [5.74, 6) is 2.00. The summed E-state index contributed by atoms with van der Waals surface area (Å²) < 4.78 is 5.12. The van der Waals surface area contributed by atoms with Crippen molar-refractivity contribution in [1.82, 2.24) is 0 Å². The minimum atomic E-state index is -0.0195. The highest BCUT2D eigenvalue weighted by atomic mass is 16.5. The third-order valence-corrected chi connectivity index (χ3v) is 3.30. The highest BCUT2D eigenvalue weighted by Gasteiger charge is 2.45. The van der Waals surface area contributed by atoms with Crippen molar-refractivity contribution in [3.63, 3.8) is 0 Å². The van der Waals surface area contributed by atoms with E-state index in [4.69, 9.17) is 4.74 Å². The summed E-state index contributed by atoms with van der Waals surface area (Å²) in [6.07, 6.45) is 3.56. The van der Waals surface area contributed by atoms with E-state index in [2.05, 4.69) is 0 Å². The fraction of sp³-hybridized carbons (Fsp3) is 1.00. The highest BCUT2D eigenvalue weighted by molar-refractivity contribution is 4.95. The molecular formula is C9H16O2. The van der Waals surface area contributed by atoms with Crippen LogP contribution in [-0.4, -0.2) is 24.9 Å². The van der Waals surface area contributed by atoms with Crippen molar-refractivity contribution >= 4 is 0 Å². The van der Waals surface area contributed by atoms with E-state index in [-0.39, 0.29) is 6.10 Å². The zero-order valence-corrected chi connectivity index (χ0v) is 6.99. The van der Waals surface area contributed by atoms with Crippen molar-refractivity contribution < 1.29 is 9.84 Å². The van der Waals surface area contributed by atoms with Crippen molar-refractivity contribution in [2.24, 2.45) is 17.8 Å². The molecule has 0 aromatic carbocycles. The normalized spacial score (nSPS) is 48.5. The Morgan fingerprint density at radius 1 is 1.36 bits per heavy atom. The molecule has 4 unspecified atom stereocenters. The van der Waals surface area contributed by atoms with Crippen molar-refractivity contribution in [1.29, 1.82) is 0 Å². The van der Waals surface area contributed by atoms with Crippen LogP contribution in [0.1, 0.15) is 19.3 Å². The Morgan fingerprint density at radius 3 is 2.73 bits per heavy atom. The number of rotatable bonds is 2. The van der Waals surface area contributed by atoms with Crippen LogP contribution in [0.4, 0.5) is 0 Å². The largest absolute Gasteiger partial charge is 0.393 e. The molecule has 2 rings (SSSR count). The van der Waals surface area contributed by atoms with Gasteiger partial charge in [-0.25, -0.2) is 0 Å². The maximum absolute atomic E-state index is 9.56. The molecule has 2 aliphatic carbocycles. The van der Waals surface area contributed by atoms with Gasteiger partial charge < -0.3 is 9.84 Å². The van der Waals surface area contributed by atoms with Gasteiger partial charge in [-0.15, -0.1) is 0 Å². The molecule has 2 heteroatoms. The molecule has 0 radical (unpaired) electrons. The molecule has 2 bridgehead atoms. The monoisotopic (exact) mass is 156 g/mol. The Labute approximate surface area is 67.6 Å². The average Bonchev–Trinajstić information content (AvgIpc) is 2.46. The maximum Gasteiger partial charge on any atom is 0.0574 e. The van der Waals surface area contributed by atoms with Crippen molar-refractivity contribution in [2.45, 2.75) is 25.4 Å². The number of hydrogen-bond acceptors (Lipinski definition) is 2. The first-order chi connectivity index (χ1) is 5.31. The number of aliphatic hydroxyl groups excluding tert-OH is 1. The lowest BCUT2D eigenvalue weighted by atomic mass is 9.87. The van der Waals surface area contributed by atoms with Gasteiger partial charge in [0, 0.05) is 13.7 Å². The lowest BCUT2D eigenvalue weighted by Crippen LogP contribution is -2.27. The molecule has 4 atom stereocenters. The van der Waals surface area contributed by atoms with Crippen LogP contribution in [0.25, 0.3) is 0 Å². The third kappa shape index (κ3) is 1.18. The Morgan fingerprint density at radius 2 is 2.18 bits per heavy atom. The van der Waals surface area contributed by atoms with E-state index >= 15 is 0 Å². The van der Waals surface area contributed by atoms with E-state index in [0.29, 0.717) is 11.8 Å². The standard InChI is InChI=1S/C9H16O2/c1-11-5-7-2-6-3-8(7)9(10)4-6/h6-10H,2-5H2,1H3. The SMILES string of the molecule is COCC1CC2CC(O)C1C2. The van der Waals surface area contributed by atoms with Crippen LogP contribution in [0.2, 0.25) is 0 Å². The van der Waals surface area contributed by atoms with Crippen LogP contribution in [0, 0.1) is 17.8 Å². The average molecular weight is 156 g/mol. The van der Waals surface area contributed by atoms with Crippen LogP contribution in [0.5, 0.6) is 0 Å². The summed E-state index contributed by atoms with van der Waals surface area (Å²) in [5.41, 5.74) is 0. The maximum atomic E-state index is 9.56. The topological polar surface area (TPSA) is 29.5 Å². The van der Waals surface area contributed by atoms with E-state index < -0.39 is 0 Å².